The van der Waals surface area contributed by atoms with E-state index in [0.717, 1.165) is 0 Å². The minimum atomic E-state index is -2.92. The van der Waals surface area contributed by atoms with Gasteiger partial charge in [0.25, 0.3) is 5.91 Å². The number of nitrogens with two attached hydrogens (primary N) is 1. The van der Waals surface area contributed by atoms with Crippen LogP contribution in [-0.2, 0) is 19.8 Å². The fraction of sp³-hybridized carbons (Fsp3) is 0.500. The second-order valence-corrected chi connectivity index (χ2v) is 11.2. The van der Waals surface area contributed by atoms with E-state index in [-0.39, 0.29) is 11.3 Å². The first-order chi connectivity index (χ1) is 16.5. The average Bonchev–Trinajstić information content (AvgIpc) is 2.75. The van der Waals surface area contributed by atoms with Crippen molar-refractivity contribution < 1.29 is 39.9 Å². The molecule has 1 fully saturated rings. The zero-order valence-electron chi connectivity index (χ0n) is 21.0. The van der Waals surface area contributed by atoms with E-state index in [2.05, 4.69) is 0 Å². The van der Waals surface area contributed by atoms with E-state index < -0.39 is 81.1 Å². The van der Waals surface area contributed by atoms with Crippen LogP contribution in [0.1, 0.15) is 50.3 Å². The zero-order valence-corrected chi connectivity index (χ0v) is 21.0. The highest BCUT2D eigenvalue weighted by molar-refractivity contribution is 6.24. The summed E-state index contributed by atoms with van der Waals surface area (Å²) < 4.78 is 0. The third kappa shape index (κ3) is 3.11. The second-order valence-electron chi connectivity index (χ2n) is 11.2. The Kier molecular flexibility index (Phi) is 5.67. The molecule has 1 saturated carbocycles. The van der Waals surface area contributed by atoms with Crippen LogP contribution < -0.4 is 5.73 Å². The molecule has 0 spiro atoms. The molecule has 36 heavy (non-hydrogen) atoms. The van der Waals surface area contributed by atoms with Crippen LogP contribution in [-0.4, -0.2) is 79.7 Å². The summed E-state index contributed by atoms with van der Waals surface area (Å²) in [5.41, 5.74) is 1.54. The van der Waals surface area contributed by atoms with E-state index in [0.29, 0.717) is 11.1 Å². The van der Waals surface area contributed by atoms with Crippen LogP contribution in [0.3, 0.4) is 0 Å². The topological polar surface area (TPSA) is 182 Å². The Morgan fingerprint density at radius 1 is 1.11 bits per heavy atom. The van der Waals surface area contributed by atoms with Crippen LogP contribution in [0.4, 0.5) is 0 Å². The maximum atomic E-state index is 13.9. The Labute approximate surface area is 208 Å². The van der Waals surface area contributed by atoms with Crippen LogP contribution in [0.2, 0.25) is 0 Å². The number of aliphatic hydroxyl groups excluding tert-OH is 3. The van der Waals surface area contributed by atoms with Gasteiger partial charge in [-0.15, -0.1) is 0 Å². The number of fused-ring (bicyclic) bond motifs is 3. The van der Waals surface area contributed by atoms with E-state index in [1.54, 1.807) is 19.1 Å². The summed E-state index contributed by atoms with van der Waals surface area (Å²) in [4.78, 5) is 40.5. The van der Waals surface area contributed by atoms with Gasteiger partial charge in [0.05, 0.1) is 23.6 Å². The predicted molar refractivity (Wildman–Crippen MR) is 129 cm³/mol. The SMILES string of the molecule is C[C@@H]1c2ccc(C(C)(C)C)c(O)c2C(O)=C2C(=O)[C@@]3(O)C(O)=C(C(N)=O)C(=O)[C@H](N(C)C)[C@H]3[C@H](O)[C@H]21. The van der Waals surface area contributed by atoms with Gasteiger partial charge in [-0.3, -0.25) is 19.3 Å². The fourth-order valence-corrected chi connectivity index (χ4v) is 6.22. The van der Waals surface area contributed by atoms with Gasteiger partial charge in [-0.1, -0.05) is 39.8 Å². The highest BCUT2D eigenvalue weighted by atomic mass is 16.4. The molecule has 0 heterocycles. The van der Waals surface area contributed by atoms with Crippen molar-refractivity contribution in [2.75, 3.05) is 14.1 Å². The van der Waals surface area contributed by atoms with E-state index in [1.807, 2.05) is 20.8 Å². The van der Waals surface area contributed by atoms with Crippen LogP contribution in [0.5, 0.6) is 5.75 Å². The van der Waals surface area contributed by atoms with Crippen LogP contribution in [0.15, 0.2) is 29.0 Å². The molecule has 3 aliphatic rings. The van der Waals surface area contributed by atoms with Gasteiger partial charge in [0.1, 0.15) is 22.8 Å². The van der Waals surface area contributed by atoms with Crippen molar-refractivity contribution in [3.8, 4) is 5.75 Å². The first-order valence-corrected chi connectivity index (χ1v) is 11.7. The molecule has 3 aliphatic carbocycles. The number of amides is 1. The number of benzene rings is 1. The van der Waals surface area contributed by atoms with Gasteiger partial charge in [-0.25, -0.2) is 0 Å². The highest BCUT2D eigenvalue weighted by Gasteiger charge is 2.68. The molecule has 7 N–H and O–H groups in total. The number of carbonyl (C=O) groups excluding carboxylic acids is 3. The number of rotatable bonds is 2. The van der Waals surface area contributed by atoms with E-state index >= 15 is 0 Å². The lowest BCUT2D eigenvalue weighted by atomic mass is 9.54. The van der Waals surface area contributed by atoms with E-state index in [9.17, 15) is 39.9 Å². The number of carbonyl (C=O) groups is 3. The fourth-order valence-electron chi connectivity index (χ4n) is 6.22. The van der Waals surface area contributed by atoms with Gasteiger partial charge in [-0.2, -0.15) is 0 Å². The molecule has 4 rings (SSSR count). The number of ketones is 2. The van der Waals surface area contributed by atoms with Crippen molar-refractivity contribution >= 4 is 23.2 Å². The number of likely N-dealkylation sites (N-methyl/N-ethyl adjacent to an activating group) is 1. The van der Waals surface area contributed by atoms with E-state index in [4.69, 9.17) is 5.73 Å². The number of hydrogen-bond donors (Lipinski definition) is 6. The molecule has 10 nitrogen and oxygen atoms in total. The molecule has 0 saturated heterocycles. The number of Topliss-reactive ketones (excluding diaryl/α,β-unsaturated/α-hetero) is 2. The number of nitrogens with zero attached hydrogens (tertiary/aromatic N) is 1. The number of phenolic OH excluding ortho intramolecular Hbond substituents is 1. The summed E-state index contributed by atoms with van der Waals surface area (Å²) in [5.74, 6) is -8.85. The number of aromatic hydroxyl groups is 1. The summed E-state index contributed by atoms with van der Waals surface area (Å²) in [5, 5.41) is 56.6. The van der Waals surface area contributed by atoms with Crippen LogP contribution in [0.25, 0.3) is 5.76 Å². The van der Waals surface area contributed by atoms with Gasteiger partial charge in [0.15, 0.2) is 11.4 Å². The molecule has 0 bridgehead atoms. The quantitative estimate of drug-likeness (QED) is 0.320. The van der Waals surface area contributed by atoms with Gasteiger partial charge >= 0.3 is 0 Å². The molecule has 0 unspecified atom stereocenters. The maximum absolute atomic E-state index is 13.9. The lowest BCUT2D eigenvalue weighted by molar-refractivity contribution is -0.169. The van der Waals surface area contributed by atoms with Gasteiger partial charge in [0.2, 0.25) is 5.78 Å². The summed E-state index contributed by atoms with van der Waals surface area (Å²) in [7, 11) is 2.94. The molecule has 0 radical (unpaired) electrons. The smallest absolute Gasteiger partial charge is 0.255 e. The minimum absolute atomic E-state index is 0.00147. The predicted octanol–water partition coefficient (Wildman–Crippen LogP) is 0.793. The zero-order chi connectivity index (χ0) is 27.2. The van der Waals surface area contributed by atoms with Crippen molar-refractivity contribution in [2.45, 2.75) is 56.8 Å². The molecule has 1 aromatic rings. The molecule has 1 amide bonds. The molecule has 0 aliphatic heterocycles. The number of phenols is 1. The summed E-state index contributed by atoms with van der Waals surface area (Å²) in [6.45, 7) is 7.30. The van der Waals surface area contributed by atoms with Crippen LogP contribution >= 0.6 is 0 Å². The van der Waals surface area contributed by atoms with Crippen molar-refractivity contribution in [1.29, 1.82) is 0 Å². The number of aliphatic hydroxyl groups is 4. The summed E-state index contributed by atoms with van der Waals surface area (Å²) in [6.07, 6.45) is -1.61. The largest absolute Gasteiger partial charge is 0.508 e. The highest BCUT2D eigenvalue weighted by Crippen LogP contribution is 2.56. The van der Waals surface area contributed by atoms with Gasteiger partial charge < -0.3 is 31.3 Å². The van der Waals surface area contributed by atoms with Crippen molar-refractivity contribution in [3.63, 3.8) is 0 Å². The van der Waals surface area contributed by atoms with Crippen LogP contribution in [0, 0.1) is 11.8 Å². The summed E-state index contributed by atoms with van der Waals surface area (Å²) in [6, 6.07) is 2.06. The lowest BCUT2D eigenvalue weighted by Crippen LogP contribution is -2.70. The molecular weight excluding hydrogens is 468 g/mol. The third-order valence-corrected chi connectivity index (χ3v) is 7.94. The molecular formula is C26H32N2O8. The summed E-state index contributed by atoms with van der Waals surface area (Å²) >= 11 is 0. The first-order valence-electron chi connectivity index (χ1n) is 11.7. The molecule has 10 heteroatoms. The minimum Gasteiger partial charge on any atom is -0.508 e. The molecule has 0 aromatic heterocycles. The average molecular weight is 501 g/mol. The van der Waals surface area contributed by atoms with Gasteiger partial charge in [-0.05, 0) is 31.0 Å². The van der Waals surface area contributed by atoms with Crippen molar-refractivity contribution in [2.24, 2.45) is 17.6 Å². The molecule has 1 aromatic carbocycles. The van der Waals surface area contributed by atoms with Crippen molar-refractivity contribution in [1.82, 2.24) is 4.90 Å². The third-order valence-electron chi connectivity index (χ3n) is 7.94. The first kappa shape index (κ1) is 25.9. The van der Waals surface area contributed by atoms with Crippen molar-refractivity contribution in [3.05, 3.63) is 45.7 Å². The maximum Gasteiger partial charge on any atom is 0.255 e. The second kappa shape index (κ2) is 7.89. The number of hydrogen-bond acceptors (Lipinski definition) is 9. The monoisotopic (exact) mass is 500 g/mol. The van der Waals surface area contributed by atoms with E-state index in [1.165, 1.54) is 19.0 Å². The molecule has 194 valence electrons. The van der Waals surface area contributed by atoms with Gasteiger partial charge in [0, 0.05) is 17.1 Å². The lowest BCUT2D eigenvalue weighted by Gasteiger charge is -2.53. The standard InChI is InChI=1S/C26H32N2O8/c1-9-10-7-8-11(25(2,3)4)18(29)13(10)19(30)14-12(9)20(31)16-17(28(5)6)21(32)15(24(27)35)23(34)26(16,36)22(14)33/h7-9,12,16-17,20,29-31,34,36H,1-6H3,(H2,27,35)/t9-,12+,16+,17-,20-,26-/m1/s1. The molecule has 6 atom stereocenters. The Morgan fingerprint density at radius 2 is 1.69 bits per heavy atom. The Hall–Kier alpha value is -3.21. The Morgan fingerprint density at radius 3 is 2.19 bits per heavy atom. The normalized spacial score (nSPS) is 32.4. The number of primary amides is 1. The Bertz CT molecular complexity index is 1270. The Balaban J connectivity index is 2.07.